The normalized spacial score (nSPS) is 10.8. The molecule has 0 aliphatic heterocycles. The average Bonchev–Trinajstić information content (AvgIpc) is 3.51. The second-order valence-electron chi connectivity index (χ2n) is 19.8. The van der Waals surface area contributed by atoms with Crippen LogP contribution in [0.2, 0.25) is 0 Å². The molecule has 0 spiro atoms. The molecule has 81 heavy (non-hydrogen) atoms. The first-order valence-electron chi connectivity index (χ1n) is 27.8. The zero-order valence-electron chi connectivity index (χ0n) is 47.3. The van der Waals surface area contributed by atoms with Gasteiger partial charge >= 0.3 is 0 Å². The first-order valence-corrected chi connectivity index (χ1v) is 27.8. The van der Waals surface area contributed by atoms with Crippen molar-refractivity contribution in [2.75, 3.05) is 39.3 Å². The van der Waals surface area contributed by atoms with Crippen LogP contribution < -0.4 is 5.73 Å². The predicted octanol–water partition coefficient (Wildman–Crippen LogP) is 10.8. The third-order valence-corrected chi connectivity index (χ3v) is 14.4. The summed E-state index contributed by atoms with van der Waals surface area (Å²) in [5, 5.41) is 0. The summed E-state index contributed by atoms with van der Waals surface area (Å²) in [4.78, 5) is 106. The van der Waals surface area contributed by atoms with Gasteiger partial charge in [0.05, 0.1) is 0 Å². The number of carbonyl (C=O) groups is 7. The van der Waals surface area contributed by atoms with Gasteiger partial charge in [-0.2, -0.15) is 0 Å². The van der Waals surface area contributed by atoms with Crippen LogP contribution in [0.1, 0.15) is 147 Å². The molecule has 0 aliphatic rings. The van der Waals surface area contributed by atoms with Crippen molar-refractivity contribution in [1.29, 1.82) is 0 Å². The number of carbonyl (C=O) groups excluding carboxylic acids is 7. The van der Waals surface area contributed by atoms with E-state index in [1.54, 1.807) is 90.1 Å². The molecule has 0 saturated heterocycles. The smallest absolute Gasteiger partial charge is 0.254 e. The van der Waals surface area contributed by atoms with Gasteiger partial charge in [-0.25, -0.2) is 0 Å². The molecule has 0 atom stereocenters. The fourth-order valence-electron chi connectivity index (χ4n) is 9.80. The molecule has 14 nitrogen and oxygen atoms in total. The second-order valence-corrected chi connectivity index (χ2v) is 19.8. The lowest BCUT2D eigenvalue weighted by Crippen LogP contribution is -2.32. The van der Waals surface area contributed by atoms with Crippen molar-refractivity contribution in [3.05, 3.63) is 248 Å². The van der Waals surface area contributed by atoms with E-state index < -0.39 is 5.91 Å². The summed E-state index contributed by atoms with van der Waals surface area (Å²) in [5.74, 6) is -1.49. The first-order chi connectivity index (χ1) is 39.2. The number of hydrogen-bond donors (Lipinski definition) is 1. The van der Waals surface area contributed by atoms with Gasteiger partial charge in [-0.15, -0.1) is 0 Å². The van der Waals surface area contributed by atoms with Crippen LogP contribution in [-0.4, -0.2) is 110 Å². The Kier molecular flexibility index (Phi) is 21.0. The number of amides is 7. The molecule has 0 radical (unpaired) electrons. The van der Waals surface area contributed by atoms with Crippen molar-refractivity contribution < 1.29 is 33.6 Å². The number of benzene rings is 7. The van der Waals surface area contributed by atoms with E-state index in [9.17, 15) is 33.6 Å². The highest BCUT2D eigenvalue weighted by molar-refractivity contribution is 5.98. The number of rotatable bonds is 25. The van der Waals surface area contributed by atoms with Gasteiger partial charge in [-0.05, 0) is 160 Å². The minimum Gasteiger partial charge on any atom is -0.366 e. The molecule has 7 aromatic rings. The summed E-state index contributed by atoms with van der Waals surface area (Å²) >= 11 is 0. The van der Waals surface area contributed by atoms with Crippen LogP contribution in [-0.2, 0) is 39.3 Å². The van der Waals surface area contributed by atoms with Gasteiger partial charge in [0.1, 0.15) is 0 Å². The molecule has 0 unspecified atom stereocenters. The maximum absolute atomic E-state index is 14.2. The van der Waals surface area contributed by atoms with Crippen molar-refractivity contribution in [2.24, 2.45) is 5.73 Å². The van der Waals surface area contributed by atoms with Gasteiger partial charge in [-0.3, -0.25) is 33.6 Å². The van der Waals surface area contributed by atoms with Gasteiger partial charge in [-0.1, -0.05) is 91.0 Å². The minimum absolute atomic E-state index is 0.0743. The third kappa shape index (κ3) is 15.6. The molecule has 0 fully saturated rings. The lowest BCUT2D eigenvalue weighted by atomic mass is 10.1. The quantitative estimate of drug-likeness (QED) is 0.0595. The Labute approximate surface area is 476 Å². The van der Waals surface area contributed by atoms with E-state index in [-0.39, 0.29) is 61.6 Å². The fourth-order valence-corrected chi connectivity index (χ4v) is 9.80. The van der Waals surface area contributed by atoms with Crippen LogP contribution in [0, 0.1) is 0 Å². The van der Waals surface area contributed by atoms with Crippen molar-refractivity contribution in [2.45, 2.75) is 80.8 Å². The Bertz CT molecular complexity index is 3360. The van der Waals surface area contributed by atoms with Crippen LogP contribution in [0.3, 0.4) is 0 Å². The van der Waals surface area contributed by atoms with E-state index in [0.717, 1.165) is 33.4 Å². The summed E-state index contributed by atoms with van der Waals surface area (Å²) in [6.07, 6.45) is 0. The van der Waals surface area contributed by atoms with Gasteiger partial charge in [0, 0.05) is 117 Å². The molecular weight excluding hydrogens is 1010 g/mol. The van der Waals surface area contributed by atoms with Crippen LogP contribution in [0.25, 0.3) is 0 Å². The van der Waals surface area contributed by atoms with Crippen molar-refractivity contribution >= 4 is 41.4 Å². The second kappa shape index (κ2) is 28.6. The van der Waals surface area contributed by atoms with Gasteiger partial charge < -0.3 is 35.1 Å². The molecule has 7 amide bonds. The predicted molar refractivity (Wildman–Crippen MR) is 316 cm³/mol. The molecule has 0 heterocycles. The highest BCUT2D eigenvalue weighted by Gasteiger charge is 2.23. The Morgan fingerprint density at radius 1 is 0.259 bits per heavy atom. The number of nitrogens with two attached hydrogens (primary N) is 1. The molecule has 0 aliphatic carbocycles. The number of hydrogen-bond acceptors (Lipinski definition) is 7. The van der Waals surface area contributed by atoms with E-state index in [1.165, 1.54) is 0 Å². The topological polar surface area (TPSA) is 165 Å². The summed E-state index contributed by atoms with van der Waals surface area (Å²) in [6.45, 7) is 15.9. The van der Waals surface area contributed by atoms with Crippen LogP contribution in [0.15, 0.2) is 176 Å². The Hall–Kier alpha value is -9.17. The Balaban J connectivity index is 0.959. The maximum Gasteiger partial charge on any atom is 0.254 e. The Morgan fingerprint density at radius 3 is 0.654 bits per heavy atom. The SMILES string of the molecule is CCN(Cc1cccc(C(=O)N(CC)Cc2cccc(C(=O)N(CC)Cc3cccc(C(=O)N(CC)Cc4cccc(C(=O)N(CC)Cc5cccc(C(=O)N(CC)Cc6cccc(C(N)=O)c6)c5)c4)c3)c2)c1)C(=O)c1ccccc1. The van der Waals surface area contributed by atoms with Crippen molar-refractivity contribution in [3.8, 4) is 0 Å². The summed E-state index contributed by atoms with van der Waals surface area (Å²) in [5.41, 5.74) is 13.7. The van der Waals surface area contributed by atoms with E-state index in [2.05, 4.69) is 0 Å². The maximum atomic E-state index is 14.2. The molecule has 0 aromatic heterocycles. The molecule has 0 bridgehead atoms. The van der Waals surface area contributed by atoms with Crippen molar-refractivity contribution in [1.82, 2.24) is 29.4 Å². The molecule has 7 rings (SSSR count). The fraction of sp³-hybridized carbons (Fsp3) is 0.269. The zero-order chi connectivity index (χ0) is 58.0. The third-order valence-electron chi connectivity index (χ3n) is 14.4. The van der Waals surface area contributed by atoms with E-state index in [1.807, 2.05) is 157 Å². The molecular formula is C67H73N7O7. The van der Waals surface area contributed by atoms with E-state index in [4.69, 9.17) is 5.73 Å². The molecule has 14 heteroatoms. The minimum atomic E-state index is -0.533. The standard InChI is InChI=1S/C67H73N7O7/c1-7-69(62(76)54-28-14-13-15-29-54)43-49-23-17-31-56(37-49)64(78)71(9-3)45-51-25-19-33-58(39-51)66(80)73(11-5)47-53-27-21-35-60(41-53)67(81)74(12-6)46-52-26-20-34-59(40-52)65(79)72(10-4)44-50-24-18-32-57(38-50)63(77)70(8-2)42-48-22-16-30-55(36-48)61(68)75/h13-41H,7-12,42-47H2,1-6H3,(H2,68,75). The molecule has 7 aromatic carbocycles. The summed E-state index contributed by atoms with van der Waals surface area (Å²) in [6, 6.07) is 52.7. The van der Waals surface area contributed by atoms with E-state index in [0.29, 0.717) is 91.3 Å². The number of nitrogens with zero attached hydrogens (tertiary/aromatic N) is 6. The van der Waals surface area contributed by atoms with E-state index >= 15 is 0 Å². The van der Waals surface area contributed by atoms with Gasteiger partial charge in [0.25, 0.3) is 35.4 Å². The monoisotopic (exact) mass is 1090 g/mol. The van der Waals surface area contributed by atoms with Crippen LogP contribution in [0.4, 0.5) is 0 Å². The average molecular weight is 1090 g/mol. The number of primary amides is 1. The van der Waals surface area contributed by atoms with Gasteiger partial charge in [0.2, 0.25) is 5.91 Å². The first kappa shape index (κ1) is 59.5. The highest BCUT2D eigenvalue weighted by Crippen LogP contribution is 2.22. The largest absolute Gasteiger partial charge is 0.366 e. The van der Waals surface area contributed by atoms with Crippen LogP contribution >= 0.6 is 0 Å². The van der Waals surface area contributed by atoms with Crippen LogP contribution in [0.5, 0.6) is 0 Å². The Morgan fingerprint density at radius 2 is 0.444 bits per heavy atom. The lowest BCUT2D eigenvalue weighted by molar-refractivity contribution is 0.0738. The summed E-state index contributed by atoms with van der Waals surface area (Å²) < 4.78 is 0. The van der Waals surface area contributed by atoms with Gasteiger partial charge in [0.15, 0.2) is 0 Å². The lowest BCUT2D eigenvalue weighted by Gasteiger charge is -2.25. The zero-order valence-corrected chi connectivity index (χ0v) is 47.3. The van der Waals surface area contributed by atoms with Crippen molar-refractivity contribution in [3.63, 3.8) is 0 Å². The molecule has 0 saturated carbocycles. The molecule has 418 valence electrons. The highest BCUT2D eigenvalue weighted by atomic mass is 16.2. The molecule has 2 N–H and O–H groups in total. The summed E-state index contributed by atoms with van der Waals surface area (Å²) in [7, 11) is 0.